The van der Waals surface area contributed by atoms with Crippen molar-refractivity contribution in [2.24, 2.45) is 17.4 Å². The molecule has 0 fully saturated rings. The molecule has 18 heavy (non-hydrogen) atoms. The van der Waals surface area contributed by atoms with Crippen LogP contribution in [0.5, 0.6) is 0 Å². The molecule has 2 amide bonds. The van der Waals surface area contributed by atoms with Crippen molar-refractivity contribution in [1.29, 1.82) is 0 Å². The van der Waals surface area contributed by atoms with Crippen LogP contribution in [0.4, 0.5) is 0 Å². The molecule has 1 unspecified atom stereocenters. The molecule has 4 N–H and O–H groups in total. The summed E-state index contributed by atoms with van der Waals surface area (Å²) in [4.78, 5) is 22.1. The van der Waals surface area contributed by atoms with Gasteiger partial charge in [0, 0.05) is 12.3 Å². The van der Waals surface area contributed by atoms with Crippen LogP contribution in [0.2, 0.25) is 0 Å². The number of carbonyl (C=O) groups is 2. The number of rotatable bonds is 7. The lowest BCUT2D eigenvalue weighted by molar-refractivity contribution is -0.122. The van der Waals surface area contributed by atoms with E-state index in [1.807, 2.05) is 18.2 Å². The van der Waals surface area contributed by atoms with Crippen LogP contribution in [0.1, 0.15) is 30.9 Å². The average molecular weight is 248 g/mol. The Hall–Kier alpha value is -1.84. The largest absolute Gasteiger partial charge is 0.370 e. The van der Waals surface area contributed by atoms with Crippen LogP contribution >= 0.6 is 0 Å². The molecule has 98 valence electrons. The Morgan fingerprint density at radius 1 is 1.22 bits per heavy atom. The molecule has 0 aliphatic carbocycles. The normalized spacial score (nSPS) is 12.1. The van der Waals surface area contributed by atoms with Gasteiger partial charge in [0.2, 0.25) is 11.8 Å². The zero-order valence-corrected chi connectivity index (χ0v) is 10.7. The maximum Gasteiger partial charge on any atom is 0.220 e. The van der Waals surface area contributed by atoms with Crippen molar-refractivity contribution in [3.8, 4) is 0 Å². The molecular weight excluding hydrogens is 228 g/mol. The second-order valence-corrected chi connectivity index (χ2v) is 4.48. The van der Waals surface area contributed by atoms with Crippen LogP contribution in [0.25, 0.3) is 0 Å². The lowest BCUT2D eigenvalue weighted by Crippen LogP contribution is -2.26. The molecule has 0 aliphatic rings. The van der Waals surface area contributed by atoms with Gasteiger partial charge < -0.3 is 11.5 Å². The van der Waals surface area contributed by atoms with Crippen molar-refractivity contribution >= 4 is 11.8 Å². The number of nitrogens with two attached hydrogens (primary N) is 2. The van der Waals surface area contributed by atoms with Gasteiger partial charge in [-0.2, -0.15) is 0 Å². The first-order chi connectivity index (χ1) is 8.52. The van der Waals surface area contributed by atoms with E-state index in [4.69, 9.17) is 11.5 Å². The summed E-state index contributed by atoms with van der Waals surface area (Å²) in [5, 5.41) is 0. The van der Waals surface area contributed by atoms with Gasteiger partial charge in [-0.1, -0.05) is 31.2 Å². The zero-order chi connectivity index (χ0) is 13.5. The van der Waals surface area contributed by atoms with Gasteiger partial charge in [0.15, 0.2) is 0 Å². The van der Waals surface area contributed by atoms with Crippen molar-refractivity contribution in [2.75, 3.05) is 0 Å². The van der Waals surface area contributed by atoms with Gasteiger partial charge in [0.1, 0.15) is 0 Å². The van der Waals surface area contributed by atoms with Crippen LogP contribution in [0.15, 0.2) is 24.3 Å². The highest BCUT2D eigenvalue weighted by Gasteiger charge is 2.16. The van der Waals surface area contributed by atoms with Crippen molar-refractivity contribution in [2.45, 2.75) is 32.6 Å². The van der Waals surface area contributed by atoms with Gasteiger partial charge in [-0.15, -0.1) is 0 Å². The molecule has 0 bridgehead atoms. The molecule has 0 heterocycles. The number of benzene rings is 1. The molecule has 1 aromatic rings. The van der Waals surface area contributed by atoms with Gasteiger partial charge >= 0.3 is 0 Å². The predicted octanol–water partition coefficient (Wildman–Crippen LogP) is 1.16. The van der Waals surface area contributed by atoms with E-state index in [1.165, 1.54) is 5.56 Å². The van der Waals surface area contributed by atoms with Crippen LogP contribution in [-0.4, -0.2) is 11.8 Å². The predicted molar refractivity (Wildman–Crippen MR) is 70.6 cm³/mol. The van der Waals surface area contributed by atoms with Gasteiger partial charge in [-0.3, -0.25) is 9.59 Å². The van der Waals surface area contributed by atoms with Crippen LogP contribution < -0.4 is 11.5 Å². The Bertz CT molecular complexity index is 430. The van der Waals surface area contributed by atoms with Gasteiger partial charge in [0.25, 0.3) is 0 Å². The topological polar surface area (TPSA) is 86.2 Å². The second kappa shape index (κ2) is 6.79. The minimum Gasteiger partial charge on any atom is -0.370 e. The third kappa shape index (κ3) is 4.57. The SMILES string of the molecule is CCc1cccc(CC(CCC(N)=O)C(N)=O)c1. The van der Waals surface area contributed by atoms with E-state index in [1.54, 1.807) is 0 Å². The highest BCUT2D eigenvalue weighted by molar-refractivity contribution is 5.79. The third-order valence-electron chi connectivity index (χ3n) is 3.02. The smallest absolute Gasteiger partial charge is 0.220 e. The van der Waals surface area contributed by atoms with Gasteiger partial charge in [0.05, 0.1) is 0 Å². The number of aryl methyl sites for hydroxylation is 1. The lowest BCUT2D eigenvalue weighted by Gasteiger charge is -2.13. The second-order valence-electron chi connectivity index (χ2n) is 4.48. The van der Waals surface area contributed by atoms with Crippen LogP contribution in [0.3, 0.4) is 0 Å². The number of amides is 2. The summed E-state index contributed by atoms with van der Waals surface area (Å²) >= 11 is 0. The molecule has 0 aliphatic heterocycles. The molecule has 1 atom stereocenters. The maximum atomic E-state index is 11.3. The number of carbonyl (C=O) groups excluding carboxylic acids is 2. The Morgan fingerprint density at radius 2 is 1.89 bits per heavy atom. The number of primary amides is 2. The monoisotopic (exact) mass is 248 g/mol. The maximum absolute atomic E-state index is 11.3. The fraction of sp³-hybridized carbons (Fsp3) is 0.429. The number of hydrogen-bond donors (Lipinski definition) is 2. The van der Waals surface area contributed by atoms with Crippen molar-refractivity contribution in [3.63, 3.8) is 0 Å². The molecular formula is C14H20N2O2. The molecule has 1 aromatic carbocycles. The lowest BCUT2D eigenvalue weighted by atomic mass is 9.93. The van der Waals surface area contributed by atoms with E-state index >= 15 is 0 Å². The van der Waals surface area contributed by atoms with Crippen molar-refractivity contribution in [3.05, 3.63) is 35.4 Å². The highest BCUT2D eigenvalue weighted by atomic mass is 16.1. The molecule has 0 spiro atoms. The van der Waals surface area contributed by atoms with Crippen molar-refractivity contribution in [1.82, 2.24) is 0 Å². The molecule has 4 heteroatoms. The summed E-state index contributed by atoms with van der Waals surface area (Å²) < 4.78 is 0. The zero-order valence-electron chi connectivity index (χ0n) is 10.7. The summed E-state index contributed by atoms with van der Waals surface area (Å²) in [5.41, 5.74) is 12.7. The minimum absolute atomic E-state index is 0.196. The summed E-state index contributed by atoms with van der Waals surface area (Å²) in [6, 6.07) is 8.06. The van der Waals surface area contributed by atoms with E-state index in [0.29, 0.717) is 12.8 Å². The Balaban J connectivity index is 2.70. The Morgan fingerprint density at radius 3 is 2.44 bits per heavy atom. The first kappa shape index (κ1) is 14.2. The molecule has 0 aromatic heterocycles. The van der Waals surface area contributed by atoms with E-state index < -0.39 is 5.91 Å². The standard InChI is InChI=1S/C14H20N2O2/c1-2-10-4-3-5-11(8-10)9-12(14(16)18)6-7-13(15)17/h3-5,8,12H,2,6-7,9H2,1H3,(H2,15,17)(H2,16,18). The summed E-state index contributed by atoms with van der Waals surface area (Å²) in [7, 11) is 0. The molecule has 4 nitrogen and oxygen atoms in total. The fourth-order valence-electron chi connectivity index (χ4n) is 1.92. The highest BCUT2D eigenvalue weighted by Crippen LogP contribution is 2.15. The number of hydrogen-bond acceptors (Lipinski definition) is 2. The summed E-state index contributed by atoms with van der Waals surface area (Å²) in [6.07, 6.45) is 2.13. The van der Waals surface area contributed by atoms with Gasteiger partial charge in [-0.05, 0) is 30.4 Å². The van der Waals surface area contributed by atoms with E-state index in [-0.39, 0.29) is 18.2 Å². The van der Waals surface area contributed by atoms with Crippen LogP contribution in [-0.2, 0) is 22.4 Å². The Kier molecular flexibility index (Phi) is 5.36. The summed E-state index contributed by atoms with van der Waals surface area (Å²) in [5.74, 6) is -1.11. The Labute approximate surface area is 107 Å². The van der Waals surface area contributed by atoms with E-state index in [0.717, 1.165) is 12.0 Å². The minimum atomic E-state index is -0.399. The van der Waals surface area contributed by atoms with E-state index in [9.17, 15) is 9.59 Å². The van der Waals surface area contributed by atoms with Crippen LogP contribution in [0, 0.1) is 5.92 Å². The first-order valence-electron chi connectivity index (χ1n) is 6.18. The molecule has 0 saturated carbocycles. The first-order valence-corrected chi connectivity index (χ1v) is 6.18. The molecule has 0 saturated heterocycles. The average Bonchev–Trinajstić information content (AvgIpc) is 2.34. The quantitative estimate of drug-likeness (QED) is 0.758. The fourth-order valence-corrected chi connectivity index (χ4v) is 1.92. The molecule has 0 radical (unpaired) electrons. The van der Waals surface area contributed by atoms with Crippen molar-refractivity contribution < 1.29 is 9.59 Å². The van der Waals surface area contributed by atoms with Gasteiger partial charge in [-0.25, -0.2) is 0 Å². The summed E-state index contributed by atoms with van der Waals surface area (Å²) in [6.45, 7) is 2.08. The third-order valence-corrected chi connectivity index (χ3v) is 3.02. The molecule has 1 rings (SSSR count). The van der Waals surface area contributed by atoms with E-state index in [2.05, 4.69) is 13.0 Å².